The van der Waals surface area contributed by atoms with Gasteiger partial charge in [-0.3, -0.25) is 4.90 Å². The molecule has 22 heavy (non-hydrogen) atoms. The van der Waals surface area contributed by atoms with Crippen LogP contribution in [0.4, 0.5) is 10.5 Å². The molecule has 0 radical (unpaired) electrons. The Morgan fingerprint density at radius 3 is 2.41 bits per heavy atom. The summed E-state index contributed by atoms with van der Waals surface area (Å²) in [4.78, 5) is 18.9. The van der Waals surface area contributed by atoms with Crippen molar-refractivity contribution in [3.8, 4) is 0 Å². The summed E-state index contributed by atoms with van der Waals surface area (Å²) < 4.78 is 0. The molecule has 4 heteroatoms. The predicted molar refractivity (Wildman–Crippen MR) is 92.3 cm³/mol. The third-order valence-corrected chi connectivity index (χ3v) is 5.67. The Hall–Kier alpha value is -1.55. The molecule has 122 valence electrons. The van der Waals surface area contributed by atoms with Crippen LogP contribution >= 0.6 is 0 Å². The number of benzene rings is 1. The Morgan fingerprint density at radius 2 is 1.82 bits per heavy atom. The lowest BCUT2D eigenvalue weighted by atomic mass is 9.77. The van der Waals surface area contributed by atoms with E-state index in [4.69, 9.17) is 0 Å². The maximum absolute atomic E-state index is 12.8. The van der Waals surface area contributed by atoms with Crippen molar-refractivity contribution in [2.75, 3.05) is 32.6 Å². The lowest BCUT2D eigenvalue weighted by molar-refractivity contribution is 0.00313. The van der Waals surface area contributed by atoms with Crippen molar-refractivity contribution < 1.29 is 4.79 Å². The Kier molecular flexibility index (Phi) is 4.81. The number of rotatable bonds is 2. The van der Waals surface area contributed by atoms with Crippen LogP contribution in [0.25, 0.3) is 0 Å². The number of amides is 2. The molecule has 1 heterocycles. The van der Waals surface area contributed by atoms with Gasteiger partial charge in [0, 0.05) is 37.9 Å². The maximum atomic E-state index is 12.8. The molecule has 0 bridgehead atoms. The van der Waals surface area contributed by atoms with E-state index >= 15 is 0 Å². The van der Waals surface area contributed by atoms with Crippen LogP contribution in [0.2, 0.25) is 0 Å². The summed E-state index contributed by atoms with van der Waals surface area (Å²) in [5.41, 5.74) is 1.03. The van der Waals surface area contributed by atoms with Crippen molar-refractivity contribution in [1.82, 2.24) is 9.80 Å². The molecule has 0 aromatic heterocycles. The van der Waals surface area contributed by atoms with Crippen LogP contribution in [0, 0.1) is 5.92 Å². The molecule has 0 saturated carbocycles. The lowest BCUT2D eigenvalue weighted by Crippen LogP contribution is -2.61. The molecule has 0 N–H and O–H groups in total. The molecule has 1 aliphatic heterocycles. The number of piperidine rings is 1. The van der Waals surface area contributed by atoms with E-state index in [0.29, 0.717) is 5.92 Å². The van der Waals surface area contributed by atoms with E-state index in [9.17, 15) is 4.79 Å². The topological polar surface area (TPSA) is 26.8 Å². The highest BCUT2D eigenvalue weighted by Gasteiger charge is 2.42. The Balaban J connectivity index is 2.14. The summed E-state index contributed by atoms with van der Waals surface area (Å²) in [6, 6.07) is 10.1. The quantitative estimate of drug-likeness (QED) is 0.838. The zero-order chi connectivity index (χ0) is 16.5. The molecule has 0 aliphatic carbocycles. The van der Waals surface area contributed by atoms with E-state index < -0.39 is 0 Å². The number of para-hydroxylation sites is 1. The highest BCUT2D eigenvalue weighted by atomic mass is 16.2. The van der Waals surface area contributed by atoms with Crippen molar-refractivity contribution in [3.63, 3.8) is 0 Å². The fraction of sp³-hybridized carbons (Fsp3) is 0.611. The molecule has 2 amide bonds. The van der Waals surface area contributed by atoms with E-state index in [0.717, 1.165) is 18.7 Å². The Bertz CT molecular complexity index is 514. The second-order valence-electron chi connectivity index (χ2n) is 7.01. The van der Waals surface area contributed by atoms with E-state index in [-0.39, 0.29) is 17.6 Å². The number of anilines is 1. The monoisotopic (exact) mass is 303 g/mol. The second kappa shape index (κ2) is 6.29. The second-order valence-corrected chi connectivity index (χ2v) is 7.01. The molecule has 1 aliphatic rings. The smallest absolute Gasteiger partial charge is 0.324 e. The first kappa shape index (κ1) is 16.8. The van der Waals surface area contributed by atoms with Gasteiger partial charge in [0.2, 0.25) is 0 Å². The van der Waals surface area contributed by atoms with Gasteiger partial charge in [0.1, 0.15) is 0 Å². The highest BCUT2D eigenvalue weighted by molar-refractivity contribution is 5.91. The van der Waals surface area contributed by atoms with Gasteiger partial charge < -0.3 is 9.80 Å². The van der Waals surface area contributed by atoms with Crippen LogP contribution in [0.15, 0.2) is 30.3 Å². The average Bonchev–Trinajstić information content (AvgIpc) is 2.52. The molecule has 1 saturated heterocycles. The third kappa shape index (κ3) is 2.98. The highest BCUT2D eigenvalue weighted by Crippen LogP contribution is 2.34. The summed E-state index contributed by atoms with van der Waals surface area (Å²) in [7, 11) is 5.95. The number of urea groups is 1. The van der Waals surface area contributed by atoms with Crippen molar-refractivity contribution in [2.45, 2.75) is 38.8 Å². The fourth-order valence-electron chi connectivity index (χ4n) is 3.35. The minimum absolute atomic E-state index is 0.0587. The van der Waals surface area contributed by atoms with Crippen LogP contribution < -0.4 is 4.90 Å². The Morgan fingerprint density at radius 1 is 1.23 bits per heavy atom. The van der Waals surface area contributed by atoms with Crippen molar-refractivity contribution >= 4 is 11.7 Å². The minimum Gasteiger partial charge on any atom is -0.324 e. The van der Waals surface area contributed by atoms with Gasteiger partial charge in [-0.1, -0.05) is 25.1 Å². The first-order valence-electron chi connectivity index (χ1n) is 8.03. The van der Waals surface area contributed by atoms with Crippen molar-refractivity contribution in [3.05, 3.63) is 30.3 Å². The molecular weight excluding hydrogens is 274 g/mol. The van der Waals surface area contributed by atoms with Gasteiger partial charge in [0.15, 0.2) is 0 Å². The SMILES string of the molecule is CC1C(N(C)C(=O)N(C)c2ccccc2)CCN(C)C1(C)C. The van der Waals surface area contributed by atoms with Crippen molar-refractivity contribution in [1.29, 1.82) is 0 Å². The van der Waals surface area contributed by atoms with Crippen molar-refractivity contribution in [2.24, 2.45) is 5.92 Å². The van der Waals surface area contributed by atoms with Gasteiger partial charge in [-0.25, -0.2) is 4.79 Å². The van der Waals surface area contributed by atoms with Gasteiger partial charge in [-0.2, -0.15) is 0 Å². The van der Waals surface area contributed by atoms with Crippen LogP contribution in [-0.2, 0) is 0 Å². The van der Waals surface area contributed by atoms with Gasteiger partial charge >= 0.3 is 6.03 Å². The van der Waals surface area contributed by atoms with Gasteiger partial charge in [-0.05, 0) is 45.4 Å². The van der Waals surface area contributed by atoms with Gasteiger partial charge in [0.25, 0.3) is 0 Å². The largest absolute Gasteiger partial charge is 0.324 e. The molecule has 1 fully saturated rings. The van der Waals surface area contributed by atoms with E-state index in [2.05, 4.69) is 32.7 Å². The molecule has 1 aromatic rings. The van der Waals surface area contributed by atoms with Crippen LogP contribution in [0.5, 0.6) is 0 Å². The first-order valence-corrected chi connectivity index (χ1v) is 8.03. The zero-order valence-electron chi connectivity index (χ0n) is 14.7. The summed E-state index contributed by atoms with van der Waals surface area (Å²) in [6.07, 6.45) is 1.02. The lowest BCUT2D eigenvalue weighted by Gasteiger charge is -2.51. The molecule has 1 aromatic carbocycles. The van der Waals surface area contributed by atoms with Gasteiger partial charge in [-0.15, -0.1) is 0 Å². The summed E-state index contributed by atoms with van der Waals surface area (Å²) >= 11 is 0. The molecule has 2 rings (SSSR count). The summed E-state index contributed by atoms with van der Waals surface area (Å²) in [6.45, 7) is 7.81. The minimum atomic E-state index is 0.0587. The molecule has 2 unspecified atom stereocenters. The molecule has 0 spiro atoms. The van der Waals surface area contributed by atoms with Crippen LogP contribution in [-0.4, -0.2) is 55.1 Å². The number of carbonyl (C=O) groups excluding carboxylic acids is 1. The van der Waals surface area contributed by atoms with E-state index in [1.54, 1.807) is 4.90 Å². The number of carbonyl (C=O) groups is 1. The van der Waals surface area contributed by atoms with E-state index in [1.165, 1.54) is 0 Å². The number of nitrogens with zero attached hydrogens (tertiary/aromatic N) is 3. The zero-order valence-corrected chi connectivity index (χ0v) is 14.7. The molecular formula is C18H29N3O. The molecule has 2 atom stereocenters. The average molecular weight is 303 g/mol. The number of hydrogen-bond acceptors (Lipinski definition) is 2. The summed E-state index contributed by atoms with van der Waals surface area (Å²) in [5.74, 6) is 0.421. The normalized spacial score (nSPS) is 24.8. The fourth-order valence-corrected chi connectivity index (χ4v) is 3.35. The van der Waals surface area contributed by atoms with Crippen LogP contribution in [0.1, 0.15) is 27.2 Å². The van der Waals surface area contributed by atoms with E-state index in [1.807, 2.05) is 49.3 Å². The number of likely N-dealkylation sites (tertiary alicyclic amines) is 1. The number of hydrogen-bond donors (Lipinski definition) is 0. The molecule has 4 nitrogen and oxygen atoms in total. The summed E-state index contributed by atoms with van der Waals surface area (Å²) in [5, 5.41) is 0. The Labute approximate surface area is 134 Å². The first-order chi connectivity index (χ1) is 10.3. The maximum Gasteiger partial charge on any atom is 0.324 e. The predicted octanol–water partition coefficient (Wildman–Crippen LogP) is 3.29. The van der Waals surface area contributed by atoms with Crippen LogP contribution in [0.3, 0.4) is 0 Å². The van der Waals surface area contributed by atoms with Gasteiger partial charge in [0.05, 0.1) is 0 Å². The third-order valence-electron chi connectivity index (χ3n) is 5.67. The standard InChI is InChI=1S/C18H29N3O/c1-14-16(12-13-19(4)18(14,2)3)21(6)17(22)20(5)15-10-8-7-9-11-15/h7-11,14,16H,12-13H2,1-6H3.